The van der Waals surface area contributed by atoms with Gasteiger partial charge in [0.1, 0.15) is 6.04 Å². The van der Waals surface area contributed by atoms with Gasteiger partial charge in [-0.15, -0.1) is 0 Å². The van der Waals surface area contributed by atoms with Crippen molar-refractivity contribution in [2.75, 3.05) is 128 Å². The van der Waals surface area contributed by atoms with E-state index < -0.39 is 58.4 Å². The molecule has 2 fully saturated rings. The zero-order valence-corrected chi connectivity index (χ0v) is 40.1. The van der Waals surface area contributed by atoms with E-state index in [2.05, 4.69) is 31.2 Å². The number of piperazine rings is 1. The first-order valence-electron chi connectivity index (χ1n) is 23.7. The minimum absolute atomic E-state index is 0.0414. The Bertz CT molecular complexity index is 2680. The number of hydrogen-bond acceptors (Lipinski definition) is 15. The van der Waals surface area contributed by atoms with Gasteiger partial charge in [0.15, 0.2) is 0 Å². The number of halogens is 3. The molecule has 73 heavy (non-hydrogen) atoms. The van der Waals surface area contributed by atoms with Crippen molar-refractivity contribution < 1.29 is 65.6 Å². The molecule has 5 N–H and O–H groups in total. The highest BCUT2D eigenvalue weighted by Gasteiger charge is 2.45. The van der Waals surface area contributed by atoms with Gasteiger partial charge in [-0.2, -0.15) is 13.2 Å². The molecule has 3 aliphatic heterocycles. The van der Waals surface area contributed by atoms with E-state index in [4.69, 9.17) is 23.7 Å². The van der Waals surface area contributed by atoms with Crippen molar-refractivity contribution in [3.8, 4) is 11.1 Å². The molecule has 390 valence electrons. The van der Waals surface area contributed by atoms with Crippen LogP contribution in [-0.4, -0.2) is 169 Å². The summed E-state index contributed by atoms with van der Waals surface area (Å²) >= 11 is 0. The van der Waals surface area contributed by atoms with E-state index in [0.717, 1.165) is 24.2 Å². The fraction of sp³-hybridized carbons (Fsp3) is 0.420. The highest BCUT2D eigenvalue weighted by atomic mass is 19.4. The quantitative estimate of drug-likeness (QED) is 0.0473. The summed E-state index contributed by atoms with van der Waals surface area (Å²) in [5, 5.41) is 10.8. The lowest BCUT2D eigenvalue weighted by molar-refractivity contribution is -0.138. The number of alkyl halides is 3. The monoisotopic (exact) mass is 1020 g/mol. The number of aromatic amines is 1. The van der Waals surface area contributed by atoms with Gasteiger partial charge in [-0.25, -0.2) is 0 Å². The van der Waals surface area contributed by atoms with Crippen LogP contribution < -0.4 is 31.7 Å². The van der Waals surface area contributed by atoms with E-state index in [1.165, 1.54) is 6.07 Å². The topological polar surface area (TPSA) is 239 Å². The highest BCUT2D eigenvalue weighted by Crippen LogP contribution is 2.36. The standard InChI is InChI=1S/C50H57F3N8O12/c1-59-15-17-60(18-16-59)40-10-9-34(29-39(40)57-46(65)36-31-56-43(63)30-37(36)50(51,52)53)32-5-7-33(8-6-32)45(64)55-14-20-70-22-24-72-26-28-73-27-25-71-23-21-69-19-13-54-38-4-2-3-35-44(38)49(68)61(48(35)67)41-11-12-42(62)58-47(41)66/h2-10,29-31,41,54H,11-28H2,1H3,(H,55,64)(H,56,63)(H,57,65)(H,58,62,66). The number of amides is 6. The van der Waals surface area contributed by atoms with Crippen molar-refractivity contribution in [1.29, 1.82) is 0 Å². The Hall–Kier alpha value is -7.02. The molecule has 1 atom stereocenters. The number of nitrogens with zero attached hydrogens (tertiary/aromatic N) is 3. The number of likely N-dealkylation sites (N-methyl/N-ethyl adjacent to an activating group) is 1. The first-order valence-corrected chi connectivity index (χ1v) is 23.7. The van der Waals surface area contributed by atoms with Crippen molar-refractivity contribution in [3.05, 3.63) is 111 Å². The molecule has 2 saturated heterocycles. The minimum Gasteiger partial charge on any atom is -0.382 e. The van der Waals surface area contributed by atoms with Crippen LogP contribution in [0, 0.1) is 0 Å². The van der Waals surface area contributed by atoms with Crippen LogP contribution in [0.4, 0.5) is 30.2 Å². The molecule has 0 radical (unpaired) electrons. The molecule has 0 saturated carbocycles. The zero-order valence-electron chi connectivity index (χ0n) is 40.1. The molecule has 20 nitrogen and oxygen atoms in total. The highest BCUT2D eigenvalue weighted by molar-refractivity contribution is 6.25. The van der Waals surface area contributed by atoms with Gasteiger partial charge in [0, 0.05) is 69.2 Å². The number of H-pyrrole nitrogens is 1. The Morgan fingerprint density at radius 2 is 1.32 bits per heavy atom. The van der Waals surface area contributed by atoms with Gasteiger partial charge in [0.25, 0.3) is 23.6 Å². The minimum atomic E-state index is -4.93. The lowest BCUT2D eigenvalue weighted by Crippen LogP contribution is -2.54. The maximum absolute atomic E-state index is 13.8. The van der Waals surface area contributed by atoms with Crippen molar-refractivity contribution in [2.45, 2.75) is 25.1 Å². The number of fused-ring (bicyclic) bond motifs is 1. The predicted molar refractivity (Wildman–Crippen MR) is 260 cm³/mol. The summed E-state index contributed by atoms with van der Waals surface area (Å²) in [5.74, 6) is -3.61. The molecule has 0 aliphatic carbocycles. The fourth-order valence-corrected chi connectivity index (χ4v) is 8.28. The number of carbonyl (C=O) groups is 6. The molecular formula is C50H57F3N8O12. The second-order valence-corrected chi connectivity index (χ2v) is 17.1. The maximum atomic E-state index is 13.8. The summed E-state index contributed by atoms with van der Waals surface area (Å²) < 4.78 is 69.2. The average Bonchev–Trinajstić information content (AvgIpc) is 3.63. The van der Waals surface area contributed by atoms with Crippen molar-refractivity contribution in [2.24, 2.45) is 0 Å². The third-order valence-corrected chi connectivity index (χ3v) is 12.1. The smallest absolute Gasteiger partial charge is 0.382 e. The third kappa shape index (κ3) is 14.4. The number of carbonyl (C=O) groups excluding carboxylic acids is 6. The average molecular weight is 1020 g/mol. The second kappa shape index (κ2) is 25.6. The Morgan fingerprint density at radius 1 is 0.699 bits per heavy atom. The SMILES string of the molecule is CN1CCN(c2ccc(-c3ccc(C(=O)NCCOCCOCCOCCOCCOCCNc4cccc5c4C(=O)N(C4CCC(=O)NC4=O)C5=O)cc3)cc2NC(=O)c2c[nH]c(=O)cc2C(F)(F)F)CC1. The van der Waals surface area contributed by atoms with Crippen LogP contribution in [0.15, 0.2) is 77.7 Å². The zero-order chi connectivity index (χ0) is 51.9. The Morgan fingerprint density at radius 3 is 1.95 bits per heavy atom. The van der Waals surface area contributed by atoms with Gasteiger partial charge < -0.3 is 54.4 Å². The largest absolute Gasteiger partial charge is 0.417 e. The summed E-state index contributed by atoms with van der Waals surface area (Å²) in [5.41, 5.74) is 0.440. The maximum Gasteiger partial charge on any atom is 0.417 e. The number of pyridine rings is 1. The number of aromatic nitrogens is 1. The summed E-state index contributed by atoms with van der Waals surface area (Å²) in [6.45, 7) is 6.60. The van der Waals surface area contributed by atoms with Crippen LogP contribution in [0.1, 0.15) is 59.8 Å². The number of ether oxygens (including phenoxy) is 5. The van der Waals surface area contributed by atoms with Gasteiger partial charge >= 0.3 is 6.18 Å². The molecule has 23 heteroatoms. The molecule has 3 aliphatic rings. The van der Waals surface area contributed by atoms with E-state index in [0.29, 0.717) is 119 Å². The van der Waals surface area contributed by atoms with Gasteiger partial charge in [-0.1, -0.05) is 24.3 Å². The van der Waals surface area contributed by atoms with Crippen LogP contribution in [0.5, 0.6) is 0 Å². The number of nitrogens with one attached hydrogen (secondary N) is 5. The summed E-state index contributed by atoms with van der Waals surface area (Å²) in [6.07, 6.45) is -4.05. The van der Waals surface area contributed by atoms with Crippen molar-refractivity contribution in [1.82, 2.24) is 25.4 Å². The molecule has 4 heterocycles. The molecule has 0 spiro atoms. The molecule has 3 aromatic carbocycles. The lowest BCUT2D eigenvalue weighted by Gasteiger charge is -2.35. The lowest BCUT2D eigenvalue weighted by atomic mass is 10.0. The normalized spacial score (nSPS) is 16.1. The molecule has 6 amide bonds. The van der Waals surface area contributed by atoms with Crippen LogP contribution >= 0.6 is 0 Å². The molecule has 1 aromatic heterocycles. The van der Waals surface area contributed by atoms with Gasteiger partial charge in [-0.3, -0.25) is 43.8 Å². The molecule has 7 rings (SSSR count). The fourth-order valence-electron chi connectivity index (χ4n) is 8.28. The molecule has 1 unspecified atom stereocenters. The van der Waals surface area contributed by atoms with Crippen LogP contribution in [-0.2, 0) is 39.4 Å². The van der Waals surface area contributed by atoms with Gasteiger partial charge in [-0.05, 0) is 61.0 Å². The summed E-state index contributed by atoms with van der Waals surface area (Å²) in [7, 11) is 1.99. The first-order chi connectivity index (χ1) is 35.2. The first kappa shape index (κ1) is 53.8. The van der Waals surface area contributed by atoms with E-state index in [1.807, 2.05) is 18.0 Å². The van der Waals surface area contributed by atoms with Gasteiger partial charge in [0.2, 0.25) is 17.4 Å². The molecule has 0 bridgehead atoms. The van der Waals surface area contributed by atoms with Crippen LogP contribution in [0.2, 0.25) is 0 Å². The Balaban J connectivity index is 0.724. The molecule has 4 aromatic rings. The Labute approximate surface area is 417 Å². The summed E-state index contributed by atoms with van der Waals surface area (Å²) in [6, 6.07) is 16.2. The van der Waals surface area contributed by atoms with Crippen molar-refractivity contribution in [3.63, 3.8) is 0 Å². The third-order valence-electron chi connectivity index (χ3n) is 12.1. The number of hydrogen-bond donors (Lipinski definition) is 5. The Kier molecular flexibility index (Phi) is 18.8. The van der Waals surface area contributed by atoms with E-state index >= 15 is 0 Å². The molecular weight excluding hydrogens is 962 g/mol. The number of piperidine rings is 1. The predicted octanol–water partition coefficient (Wildman–Crippen LogP) is 3.39. The van der Waals surface area contributed by atoms with Gasteiger partial charge in [0.05, 0.1) is 99.7 Å². The number of rotatable bonds is 25. The second-order valence-electron chi connectivity index (χ2n) is 17.1. The van der Waals surface area contributed by atoms with Crippen LogP contribution in [0.3, 0.4) is 0 Å². The van der Waals surface area contributed by atoms with Crippen molar-refractivity contribution >= 4 is 52.5 Å². The summed E-state index contributed by atoms with van der Waals surface area (Å²) in [4.78, 5) is 95.3. The van der Waals surface area contributed by atoms with E-state index in [9.17, 15) is 46.7 Å². The number of benzene rings is 3. The van der Waals surface area contributed by atoms with E-state index in [-0.39, 0.29) is 43.0 Å². The van der Waals surface area contributed by atoms with E-state index in [1.54, 1.807) is 48.5 Å². The number of anilines is 3. The number of imide groups is 2. The van der Waals surface area contributed by atoms with Crippen LogP contribution in [0.25, 0.3) is 11.1 Å².